The lowest BCUT2D eigenvalue weighted by atomic mass is 10.1. The van der Waals surface area contributed by atoms with Crippen molar-refractivity contribution in [1.82, 2.24) is 5.06 Å². The van der Waals surface area contributed by atoms with Crippen molar-refractivity contribution in [2.45, 2.75) is 19.9 Å². The topological polar surface area (TPSA) is 90.3 Å². The van der Waals surface area contributed by atoms with Crippen LogP contribution in [-0.4, -0.2) is 28.6 Å². The number of nitrogens with two attached hydrogens (primary N) is 1. The third-order valence-corrected chi connectivity index (χ3v) is 2.40. The van der Waals surface area contributed by atoms with Crippen LogP contribution in [0.15, 0.2) is 18.2 Å². The summed E-state index contributed by atoms with van der Waals surface area (Å²) in [5, 5.41) is 19.2. The van der Waals surface area contributed by atoms with Gasteiger partial charge in [-0.15, -0.1) is 0 Å². The smallest absolute Gasteiger partial charge is 0.179 e. The van der Waals surface area contributed by atoms with Gasteiger partial charge in [0.05, 0.1) is 12.1 Å². The average Bonchev–Trinajstić information content (AvgIpc) is 2.29. The zero-order valence-electron chi connectivity index (χ0n) is 9.84. The van der Waals surface area contributed by atoms with Gasteiger partial charge in [-0.3, -0.25) is 4.79 Å². The highest BCUT2D eigenvalue weighted by Gasteiger charge is 2.14. The van der Waals surface area contributed by atoms with Crippen LogP contribution in [0, 0.1) is 11.3 Å². The predicted molar refractivity (Wildman–Crippen MR) is 63.5 cm³/mol. The number of Topliss-reactive ketones (excluding diaryl/α,β-unsaturated/α-hetero) is 1. The van der Waals surface area contributed by atoms with Crippen molar-refractivity contribution in [3.63, 3.8) is 0 Å². The van der Waals surface area contributed by atoms with E-state index in [2.05, 4.69) is 0 Å². The lowest BCUT2D eigenvalue weighted by molar-refractivity contribution is -0.107. The van der Waals surface area contributed by atoms with Crippen LogP contribution in [0.25, 0.3) is 0 Å². The van der Waals surface area contributed by atoms with Crippen LogP contribution < -0.4 is 5.73 Å². The average molecular weight is 233 g/mol. The van der Waals surface area contributed by atoms with Crippen molar-refractivity contribution in [3.05, 3.63) is 29.3 Å². The van der Waals surface area contributed by atoms with Crippen LogP contribution in [0.5, 0.6) is 0 Å². The number of carbonyl (C=O) groups is 1. The maximum absolute atomic E-state index is 11.8. The van der Waals surface area contributed by atoms with Gasteiger partial charge in [-0.05, 0) is 32.0 Å². The van der Waals surface area contributed by atoms with E-state index in [1.807, 2.05) is 6.07 Å². The molecule has 5 heteroatoms. The standard InChI is InChI=1S/C12H15N3O2/c1-8(2)15(17)7-12(16)9-3-4-11(14)10(5-9)6-13/h3-5,8,17H,7,14H2,1-2H3. The van der Waals surface area contributed by atoms with E-state index in [-0.39, 0.29) is 23.9 Å². The Balaban J connectivity index is 2.87. The van der Waals surface area contributed by atoms with E-state index < -0.39 is 0 Å². The third-order valence-electron chi connectivity index (χ3n) is 2.40. The van der Waals surface area contributed by atoms with Gasteiger partial charge in [0, 0.05) is 17.3 Å². The van der Waals surface area contributed by atoms with Gasteiger partial charge in [0.2, 0.25) is 0 Å². The third kappa shape index (κ3) is 3.28. The van der Waals surface area contributed by atoms with Crippen molar-refractivity contribution in [3.8, 4) is 6.07 Å². The molecule has 1 rings (SSSR count). The first-order valence-corrected chi connectivity index (χ1v) is 5.24. The maximum atomic E-state index is 11.8. The molecular formula is C12H15N3O2. The van der Waals surface area contributed by atoms with E-state index in [4.69, 9.17) is 11.0 Å². The van der Waals surface area contributed by atoms with Crippen LogP contribution >= 0.6 is 0 Å². The fourth-order valence-corrected chi connectivity index (χ4v) is 1.25. The van der Waals surface area contributed by atoms with Crippen molar-refractivity contribution in [1.29, 1.82) is 5.26 Å². The molecule has 0 unspecified atom stereocenters. The maximum Gasteiger partial charge on any atom is 0.179 e. The Bertz CT molecular complexity index is 463. The largest absolute Gasteiger partial charge is 0.398 e. The van der Waals surface area contributed by atoms with Crippen LogP contribution in [0.2, 0.25) is 0 Å². The summed E-state index contributed by atoms with van der Waals surface area (Å²) >= 11 is 0. The Morgan fingerprint density at radius 1 is 1.59 bits per heavy atom. The molecule has 0 radical (unpaired) electrons. The summed E-state index contributed by atoms with van der Waals surface area (Å²) in [4.78, 5) is 11.8. The molecule has 90 valence electrons. The first kappa shape index (κ1) is 13.2. The summed E-state index contributed by atoms with van der Waals surface area (Å²) in [7, 11) is 0. The Morgan fingerprint density at radius 3 is 2.76 bits per heavy atom. The molecule has 0 saturated carbocycles. The molecule has 0 bridgehead atoms. The van der Waals surface area contributed by atoms with E-state index in [9.17, 15) is 10.0 Å². The van der Waals surface area contributed by atoms with Crippen molar-refractivity contribution < 1.29 is 10.0 Å². The lowest BCUT2D eigenvalue weighted by Gasteiger charge is -2.17. The number of hydrogen-bond acceptors (Lipinski definition) is 5. The highest BCUT2D eigenvalue weighted by molar-refractivity contribution is 5.98. The first-order chi connectivity index (χ1) is 7.95. The number of rotatable bonds is 4. The Kier molecular flexibility index (Phi) is 4.21. The quantitative estimate of drug-likeness (QED) is 0.466. The van der Waals surface area contributed by atoms with E-state index in [0.717, 1.165) is 5.06 Å². The highest BCUT2D eigenvalue weighted by Crippen LogP contribution is 2.13. The summed E-state index contributed by atoms with van der Waals surface area (Å²) in [5.41, 5.74) is 6.54. The molecule has 1 aromatic carbocycles. The number of hydroxylamine groups is 2. The zero-order valence-corrected chi connectivity index (χ0v) is 9.84. The van der Waals surface area contributed by atoms with Gasteiger partial charge >= 0.3 is 0 Å². The van der Waals surface area contributed by atoms with Crippen LogP contribution in [-0.2, 0) is 0 Å². The minimum atomic E-state index is -0.252. The number of hydrogen-bond donors (Lipinski definition) is 2. The molecule has 1 aromatic rings. The Morgan fingerprint density at radius 2 is 2.24 bits per heavy atom. The van der Waals surface area contributed by atoms with E-state index in [1.54, 1.807) is 19.9 Å². The van der Waals surface area contributed by atoms with Crippen LogP contribution in [0.3, 0.4) is 0 Å². The molecule has 17 heavy (non-hydrogen) atoms. The van der Waals surface area contributed by atoms with Crippen LogP contribution in [0.1, 0.15) is 29.8 Å². The zero-order chi connectivity index (χ0) is 13.0. The predicted octanol–water partition coefficient (Wildman–Crippen LogP) is 1.42. The van der Waals surface area contributed by atoms with Gasteiger partial charge in [0.1, 0.15) is 6.07 Å². The first-order valence-electron chi connectivity index (χ1n) is 5.24. The van der Waals surface area contributed by atoms with Gasteiger partial charge in [0.25, 0.3) is 0 Å². The van der Waals surface area contributed by atoms with Gasteiger partial charge in [-0.1, -0.05) is 0 Å². The molecule has 0 atom stereocenters. The highest BCUT2D eigenvalue weighted by atomic mass is 16.5. The van der Waals surface area contributed by atoms with E-state index in [1.165, 1.54) is 12.1 Å². The van der Waals surface area contributed by atoms with Gasteiger partial charge < -0.3 is 10.9 Å². The second-order valence-electron chi connectivity index (χ2n) is 4.03. The molecule has 0 saturated heterocycles. The summed E-state index contributed by atoms with van der Waals surface area (Å²) < 4.78 is 0. The molecule has 0 amide bonds. The fraction of sp³-hybridized carbons (Fsp3) is 0.333. The minimum Gasteiger partial charge on any atom is -0.398 e. The van der Waals surface area contributed by atoms with Crippen LogP contribution in [0.4, 0.5) is 5.69 Å². The SMILES string of the molecule is CC(C)N(O)CC(=O)c1ccc(N)c(C#N)c1. The molecule has 0 heterocycles. The fourth-order valence-electron chi connectivity index (χ4n) is 1.25. The number of ketones is 1. The molecule has 0 spiro atoms. The number of nitrogen functional groups attached to an aromatic ring is 1. The number of nitriles is 1. The normalized spacial score (nSPS) is 10.6. The molecule has 0 fully saturated rings. The molecule has 0 aliphatic carbocycles. The number of carbonyl (C=O) groups excluding carboxylic acids is 1. The summed E-state index contributed by atoms with van der Waals surface area (Å²) in [5.74, 6) is -0.252. The molecular weight excluding hydrogens is 218 g/mol. The number of nitrogens with zero attached hydrogens (tertiary/aromatic N) is 2. The van der Waals surface area contributed by atoms with Gasteiger partial charge in [0.15, 0.2) is 5.78 Å². The number of benzene rings is 1. The van der Waals surface area contributed by atoms with Crippen molar-refractivity contribution in [2.75, 3.05) is 12.3 Å². The summed E-state index contributed by atoms with van der Waals surface area (Å²) in [6, 6.07) is 6.28. The Hall–Kier alpha value is -1.90. The van der Waals surface area contributed by atoms with E-state index in [0.29, 0.717) is 11.3 Å². The molecule has 0 aliphatic rings. The van der Waals surface area contributed by atoms with Crippen molar-refractivity contribution in [2.24, 2.45) is 0 Å². The van der Waals surface area contributed by atoms with Gasteiger partial charge in [-0.25, -0.2) is 0 Å². The van der Waals surface area contributed by atoms with Crippen molar-refractivity contribution >= 4 is 11.5 Å². The van der Waals surface area contributed by atoms with E-state index >= 15 is 0 Å². The molecule has 3 N–H and O–H groups in total. The minimum absolute atomic E-state index is 0.105. The molecule has 0 aliphatic heterocycles. The molecule has 5 nitrogen and oxygen atoms in total. The second kappa shape index (κ2) is 5.43. The second-order valence-corrected chi connectivity index (χ2v) is 4.03. The van der Waals surface area contributed by atoms with Gasteiger partial charge in [-0.2, -0.15) is 10.3 Å². The monoisotopic (exact) mass is 233 g/mol. The summed E-state index contributed by atoms with van der Waals surface area (Å²) in [6.07, 6.45) is 0. The Labute approximate surface area is 100 Å². The lowest BCUT2D eigenvalue weighted by Crippen LogP contribution is -2.32. The summed E-state index contributed by atoms with van der Waals surface area (Å²) in [6.45, 7) is 3.44. The number of anilines is 1. The molecule has 0 aromatic heterocycles.